The smallest absolute Gasteiger partial charge is 0.317 e. The quantitative estimate of drug-likeness (QED) is 0.0808. The molecule has 0 heterocycles. The van der Waals surface area contributed by atoms with E-state index < -0.39 is 5.97 Å². The van der Waals surface area contributed by atoms with E-state index in [-0.39, 0.29) is 6.54 Å². The van der Waals surface area contributed by atoms with Gasteiger partial charge in [0.05, 0.1) is 6.54 Å². The van der Waals surface area contributed by atoms with Crippen molar-refractivity contribution in [2.75, 3.05) is 19.6 Å². The molecule has 1 N–H and O–H groups in total. The van der Waals surface area contributed by atoms with Gasteiger partial charge in [-0.05, 0) is 25.9 Å². The van der Waals surface area contributed by atoms with Gasteiger partial charge in [-0.15, -0.1) is 0 Å². The Morgan fingerprint density at radius 2 is 0.590 bits per heavy atom. The predicted molar refractivity (Wildman–Crippen MR) is 174 cm³/mol. The van der Waals surface area contributed by atoms with Gasteiger partial charge in [0.25, 0.3) is 0 Å². The molecule has 0 radical (unpaired) electrons. The fourth-order valence-electron chi connectivity index (χ4n) is 5.87. The molecule has 0 saturated heterocycles. The molecule has 0 aliphatic heterocycles. The predicted octanol–water partition coefficient (Wildman–Crippen LogP) is 12.1. The molecule has 39 heavy (non-hydrogen) atoms. The van der Waals surface area contributed by atoms with Crippen molar-refractivity contribution in [2.45, 2.75) is 206 Å². The number of rotatable bonds is 34. The lowest BCUT2D eigenvalue weighted by molar-refractivity contribution is -0.138. The molecule has 0 atom stereocenters. The van der Waals surface area contributed by atoms with Crippen LogP contribution in [0.3, 0.4) is 0 Å². The Kier molecular flexibility index (Phi) is 33.1. The molecule has 0 aromatic heterocycles. The van der Waals surface area contributed by atoms with E-state index in [0.717, 1.165) is 25.9 Å². The zero-order chi connectivity index (χ0) is 28.5. The number of carboxylic acid groups (broad SMARTS) is 1. The van der Waals surface area contributed by atoms with Crippen molar-refractivity contribution in [1.29, 1.82) is 0 Å². The zero-order valence-electron chi connectivity index (χ0n) is 27.1. The van der Waals surface area contributed by atoms with Gasteiger partial charge in [0.15, 0.2) is 0 Å². The summed E-state index contributed by atoms with van der Waals surface area (Å²) in [4.78, 5) is 13.5. The summed E-state index contributed by atoms with van der Waals surface area (Å²) in [5, 5.41) is 9.29. The standard InChI is InChI=1S/C36H73NO2/c1-3-5-7-9-11-13-15-17-19-21-23-25-27-29-31-33-37(35-36(38)39)34-32-30-28-26-24-22-20-18-16-14-12-10-8-6-4-2/h3-35H2,1-2H3,(H,38,39). The summed E-state index contributed by atoms with van der Waals surface area (Å²) in [5.41, 5.74) is 0. The molecule has 0 saturated carbocycles. The third-order valence-corrected chi connectivity index (χ3v) is 8.51. The van der Waals surface area contributed by atoms with Crippen molar-refractivity contribution >= 4 is 5.97 Å². The highest BCUT2D eigenvalue weighted by Gasteiger charge is 2.09. The van der Waals surface area contributed by atoms with Gasteiger partial charge in [0, 0.05) is 0 Å². The highest BCUT2D eigenvalue weighted by molar-refractivity contribution is 5.69. The first-order valence-corrected chi connectivity index (χ1v) is 18.1. The van der Waals surface area contributed by atoms with Gasteiger partial charge in [-0.2, -0.15) is 0 Å². The van der Waals surface area contributed by atoms with Crippen LogP contribution in [0.5, 0.6) is 0 Å². The molecular formula is C36H73NO2. The number of carboxylic acids is 1. The second-order valence-electron chi connectivity index (χ2n) is 12.6. The Labute approximate surface area is 246 Å². The molecule has 0 aromatic carbocycles. The van der Waals surface area contributed by atoms with Crippen LogP contribution >= 0.6 is 0 Å². The number of carbonyl (C=O) groups is 1. The maximum absolute atomic E-state index is 11.3. The van der Waals surface area contributed by atoms with Gasteiger partial charge in [0.1, 0.15) is 0 Å². The van der Waals surface area contributed by atoms with Gasteiger partial charge in [-0.25, -0.2) is 0 Å². The summed E-state index contributed by atoms with van der Waals surface area (Å²) in [6.07, 6.45) is 41.3. The molecule has 0 bridgehead atoms. The summed E-state index contributed by atoms with van der Waals surface area (Å²) in [5.74, 6) is -0.670. The zero-order valence-corrected chi connectivity index (χ0v) is 27.1. The van der Waals surface area contributed by atoms with E-state index in [4.69, 9.17) is 0 Å². The lowest BCUT2D eigenvalue weighted by atomic mass is 10.0. The molecular weight excluding hydrogens is 478 g/mol. The first-order valence-electron chi connectivity index (χ1n) is 18.1. The molecule has 0 unspecified atom stereocenters. The first-order chi connectivity index (χ1) is 19.2. The SMILES string of the molecule is CCCCCCCCCCCCCCCCCN(CCCCCCCCCCCCCCCCC)CC(=O)O. The van der Waals surface area contributed by atoms with Gasteiger partial charge in [-0.1, -0.05) is 194 Å². The molecule has 0 amide bonds. The highest BCUT2D eigenvalue weighted by atomic mass is 16.4. The van der Waals surface area contributed by atoms with E-state index >= 15 is 0 Å². The van der Waals surface area contributed by atoms with Crippen LogP contribution in [0.1, 0.15) is 206 Å². The van der Waals surface area contributed by atoms with Crippen molar-refractivity contribution in [2.24, 2.45) is 0 Å². The van der Waals surface area contributed by atoms with Crippen LogP contribution in [-0.4, -0.2) is 35.6 Å². The molecule has 0 aliphatic rings. The molecule has 0 rings (SSSR count). The molecule has 0 spiro atoms. The number of hydrogen-bond donors (Lipinski definition) is 1. The lowest BCUT2D eigenvalue weighted by Gasteiger charge is -2.20. The van der Waals surface area contributed by atoms with E-state index in [0.29, 0.717) is 0 Å². The molecule has 234 valence electrons. The summed E-state index contributed by atoms with van der Waals surface area (Å²) in [6.45, 7) is 6.72. The molecule has 0 aliphatic carbocycles. The van der Waals surface area contributed by atoms with Crippen LogP contribution in [0.2, 0.25) is 0 Å². The summed E-state index contributed by atoms with van der Waals surface area (Å²) >= 11 is 0. The second kappa shape index (κ2) is 33.6. The van der Waals surface area contributed by atoms with E-state index in [1.165, 1.54) is 180 Å². The Balaban J connectivity index is 3.48. The second-order valence-corrected chi connectivity index (χ2v) is 12.6. The maximum Gasteiger partial charge on any atom is 0.317 e. The van der Waals surface area contributed by atoms with Crippen LogP contribution in [0, 0.1) is 0 Å². The van der Waals surface area contributed by atoms with Crippen LogP contribution < -0.4 is 0 Å². The minimum atomic E-state index is -0.670. The third kappa shape index (κ3) is 33.5. The average molecular weight is 552 g/mol. The minimum Gasteiger partial charge on any atom is -0.480 e. The number of hydrogen-bond acceptors (Lipinski definition) is 2. The Morgan fingerprint density at radius 1 is 0.385 bits per heavy atom. The third-order valence-electron chi connectivity index (χ3n) is 8.51. The Morgan fingerprint density at radius 3 is 0.795 bits per heavy atom. The largest absolute Gasteiger partial charge is 0.480 e. The van der Waals surface area contributed by atoms with E-state index in [2.05, 4.69) is 18.7 Å². The fourth-order valence-corrected chi connectivity index (χ4v) is 5.87. The van der Waals surface area contributed by atoms with Crippen molar-refractivity contribution < 1.29 is 9.90 Å². The fraction of sp³-hybridized carbons (Fsp3) is 0.972. The maximum atomic E-state index is 11.3. The number of unbranched alkanes of at least 4 members (excludes halogenated alkanes) is 28. The van der Waals surface area contributed by atoms with Gasteiger partial charge < -0.3 is 5.11 Å². The van der Waals surface area contributed by atoms with E-state index in [1.807, 2.05) is 0 Å². The normalized spacial score (nSPS) is 11.6. The summed E-state index contributed by atoms with van der Waals surface area (Å²) in [7, 11) is 0. The summed E-state index contributed by atoms with van der Waals surface area (Å²) in [6, 6.07) is 0. The van der Waals surface area contributed by atoms with E-state index in [1.54, 1.807) is 0 Å². The Bertz CT molecular complexity index is 433. The summed E-state index contributed by atoms with van der Waals surface area (Å²) < 4.78 is 0. The van der Waals surface area contributed by atoms with Crippen molar-refractivity contribution in [3.8, 4) is 0 Å². The lowest BCUT2D eigenvalue weighted by Crippen LogP contribution is -2.31. The molecule has 0 aromatic rings. The van der Waals surface area contributed by atoms with Gasteiger partial charge in [-0.3, -0.25) is 9.69 Å². The van der Waals surface area contributed by atoms with Crippen LogP contribution in [-0.2, 0) is 4.79 Å². The van der Waals surface area contributed by atoms with Crippen LogP contribution in [0.4, 0.5) is 0 Å². The topological polar surface area (TPSA) is 40.5 Å². The van der Waals surface area contributed by atoms with Crippen molar-refractivity contribution in [3.05, 3.63) is 0 Å². The monoisotopic (exact) mass is 552 g/mol. The minimum absolute atomic E-state index is 0.219. The highest BCUT2D eigenvalue weighted by Crippen LogP contribution is 2.15. The van der Waals surface area contributed by atoms with E-state index in [9.17, 15) is 9.90 Å². The average Bonchev–Trinajstić information content (AvgIpc) is 2.92. The first kappa shape index (κ1) is 38.4. The molecule has 0 fully saturated rings. The number of nitrogens with zero attached hydrogens (tertiary/aromatic N) is 1. The Hall–Kier alpha value is -0.570. The van der Waals surface area contributed by atoms with Gasteiger partial charge in [0.2, 0.25) is 0 Å². The molecule has 3 heteroatoms. The van der Waals surface area contributed by atoms with Crippen molar-refractivity contribution in [1.82, 2.24) is 4.90 Å². The molecule has 3 nitrogen and oxygen atoms in total. The number of aliphatic carboxylic acids is 1. The van der Waals surface area contributed by atoms with Crippen molar-refractivity contribution in [3.63, 3.8) is 0 Å². The van der Waals surface area contributed by atoms with Gasteiger partial charge >= 0.3 is 5.97 Å². The van der Waals surface area contributed by atoms with Crippen LogP contribution in [0.15, 0.2) is 0 Å². The van der Waals surface area contributed by atoms with Crippen LogP contribution in [0.25, 0.3) is 0 Å².